The van der Waals surface area contributed by atoms with Crippen LogP contribution in [0.2, 0.25) is 0 Å². The second-order valence-corrected chi connectivity index (χ2v) is 6.85. The van der Waals surface area contributed by atoms with E-state index in [9.17, 15) is 9.59 Å². The first kappa shape index (κ1) is 16.3. The third kappa shape index (κ3) is 4.19. The molecular weight excluding hydrogens is 266 g/mol. The van der Waals surface area contributed by atoms with Crippen LogP contribution in [0.1, 0.15) is 52.4 Å². The van der Waals surface area contributed by atoms with Crippen LogP contribution in [0.5, 0.6) is 0 Å². The van der Waals surface area contributed by atoms with Crippen molar-refractivity contribution in [3.63, 3.8) is 0 Å². The molecule has 2 heterocycles. The molecule has 1 unspecified atom stereocenters. The van der Waals surface area contributed by atoms with Gasteiger partial charge >= 0.3 is 0 Å². The first-order valence-electron chi connectivity index (χ1n) is 8.33. The molecule has 0 aromatic heterocycles. The molecule has 0 aromatic carbocycles. The number of amides is 2. The second-order valence-electron chi connectivity index (χ2n) is 6.85. The molecule has 0 aliphatic carbocycles. The third-order valence-corrected chi connectivity index (χ3v) is 4.57. The first-order valence-corrected chi connectivity index (χ1v) is 8.33. The summed E-state index contributed by atoms with van der Waals surface area (Å²) in [5.41, 5.74) is 5.92. The second kappa shape index (κ2) is 7.25. The number of hydrogen-bond donors (Lipinski definition) is 1. The van der Waals surface area contributed by atoms with Gasteiger partial charge in [-0.25, -0.2) is 0 Å². The number of hydrogen-bond acceptors (Lipinski definition) is 3. The number of carbonyl (C=O) groups is 2. The lowest BCUT2D eigenvalue weighted by molar-refractivity contribution is -0.148. The molecule has 0 radical (unpaired) electrons. The Morgan fingerprint density at radius 2 is 1.90 bits per heavy atom. The van der Waals surface area contributed by atoms with Crippen LogP contribution in [0.4, 0.5) is 0 Å². The zero-order valence-electron chi connectivity index (χ0n) is 13.4. The lowest BCUT2D eigenvalue weighted by Gasteiger charge is -2.39. The van der Waals surface area contributed by atoms with Gasteiger partial charge in [0.2, 0.25) is 11.8 Å². The quantitative estimate of drug-likeness (QED) is 0.851. The number of nitrogens with zero attached hydrogens (tertiary/aromatic N) is 2. The predicted octanol–water partition coefficient (Wildman–Crippen LogP) is 1.36. The van der Waals surface area contributed by atoms with E-state index >= 15 is 0 Å². The van der Waals surface area contributed by atoms with Crippen LogP contribution >= 0.6 is 0 Å². The Balaban J connectivity index is 2.07. The van der Waals surface area contributed by atoms with Crippen molar-refractivity contribution < 1.29 is 9.59 Å². The van der Waals surface area contributed by atoms with Gasteiger partial charge in [-0.2, -0.15) is 0 Å². The molecule has 0 aromatic rings. The molecule has 120 valence electrons. The zero-order chi connectivity index (χ0) is 15.4. The van der Waals surface area contributed by atoms with Gasteiger partial charge in [0.05, 0.1) is 0 Å². The standard InChI is InChI=1S/C16H29N3O2/c1-12(2)11-14(19-8-4-3-5-15(19)20)16(21)18-9-6-13(17)7-10-18/h12-14H,3-11,17H2,1-2H3. The summed E-state index contributed by atoms with van der Waals surface area (Å²) in [6.07, 6.45) is 5.05. The van der Waals surface area contributed by atoms with E-state index in [1.54, 1.807) is 0 Å². The minimum Gasteiger partial charge on any atom is -0.341 e. The molecule has 0 saturated carbocycles. The van der Waals surface area contributed by atoms with E-state index in [-0.39, 0.29) is 23.9 Å². The van der Waals surface area contributed by atoms with Gasteiger partial charge in [-0.1, -0.05) is 13.8 Å². The fourth-order valence-electron chi connectivity index (χ4n) is 3.29. The summed E-state index contributed by atoms with van der Waals surface area (Å²) >= 11 is 0. The van der Waals surface area contributed by atoms with Crippen molar-refractivity contribution in [1.29, 1.82) is 0 Å². The molecule has 0 bridgehead atoms. The van der Waals surface area contributed by atoms with Crippen LogP contribution in [-0.2, 0) is 9.59 Å². The van der Waals surface area contributed by atoms with E-state index in [1.165, 1.54) is 0 Å². The summed E-state index contributed by atoms with van der Waals surface area (Å²) < 4.78 is 0. The van der Waals surface area contributed by atoms with Crippen molar-refractivity contribution in [3.05, 3.63) is 0 Å². The summed E-state index contributed by atoms with van der Waals surface area (Å²) in [6, 6.07) is -0.0543. The Kier molecular flexibility index (Phi) is 5.62. The van der Waals surface area contributed by atoms with E-state index in [4.69, 9.17) is 5.73 Å². The van der Waals surface area contributed by atoms with Crippen LogP contribution in [0.15, 0.2) is 0 Å². The summed E-state index contributed by atoms with van der Waals surface area (Å²) in [7, 11) is 0. The Morgan fingerprint density at radius 1 is 1.24 bits per heavy atom. The molecule has 2 aliphatic heterocycles. The number of rotatable bonds is 4. The van der Waals surface area contributed by atoms with Crippen molar-refractivity contribution >= 4 is 11.8 Å². The molecule has 5 heteroatoms. The fourth-order valence-corrected chi connectivity index (χ4v) is 3.29. The Bertz CT molecular complexity index is 376. The molecule has 2 fully saturated rings. The summed E-state index contributed by atoms with van der Waals surface area (Å²) in [5, 5.41) is 0. The lowest BCUT2D eigenvalue weighted by Crippen LogP contribution is -2.55. The highest BCUT2D eigenvalue weighted by atomic mass is 16.2. The first-order chi connectivity index (χ1) is 9.99. The molecule has 1 atom stereocenters. The Hall–Kier alpha value is -1.10. The van der Waals surface area contributed by atoms with E-state index in [1.807, 2.05) is 9.80 Å². The Morgan fingerprint density at radius 3 is 2.48 bits per heavy atom. The molecule has 2 rings (SSSR count). The van der Waals surface area contributed by atoms with Crippen molar-refractivity contribution in [2.45, 2.75) is 64.5 Å². The highest BCUT2D eigenvalue weighted by Crippen LogP contribution is 2.22. The normalized spacial score (nSPS) is 22.8. The van der Waals surface area contributed by atoms with Gasteiger partial charge in [-0.3, -0.25) is 9.59 Å². The average Bonchev–Trinajstić information content (AvgIpc) is 2.45. The largest absolute Gasteiger partial charge is 0.341 e. The van der Waals surface area contributed by atoms with E-state index in [0.717, 1.165) is 51.7 Å². The molecule has 5 nitrogen and oxygen atoms in total. The molecule has 2 saturated heterocycles. The topological polar surface area (TPSA) is 66.6 Å². The van der Waals surface area contributed by atoms with Crippen LogP contribution in [0, 0.1) is 5.92 Å². The maximum absolute atomic E-state index is 12.9. The molecule has 21 heavy (non-hydrogen) atoms. The average molecular weight is 295 g/mol. The van der Waals surface area contributed by atoms with Crippen molar-refractivity contribution in [2.24, 2.45) is 11.7 Å². The molecule has 2 aliphatic rings. The highest BCUT2D eigenvalue weighted by Gasteiger charge is 2.35. The van der Waals surface area contributed by atoms with Crippen LogP contribution in [-0.4, -0.2) is 53.3 Å². The number of carbonyl (C=O) groups excluding carboxylic acids is 2. The van der Waals surface area contributed by atoms with Crippen molar-refractivity contribution in [1.82, 2.24) is 9.80 Å². The maximum Gasteiger partial charge on any atom is 0.245 e. The van der Waals surface area contributed by atoms with Gasteiger partial charge in [0.15, 0.2) is 0 Å². The molecule has 0 spiro atoms. The summed E-state index contributed by atoms with van der Waals surface area (Å²) in [5.74, 6) is 0.681. The van der Waals surface area contributed by atoms with Crippen molar-refractivity contribution in [3.8, 4) is 0 Å². The van der Waals surface area contributed by atoms with Gasteiger partial charge in [-0.15, -0.1) is 0 Å². The lowest BCUT2D eigenvalue weighted by atomic mass is 9.97. The monoisotopic (exact) mass is 295 g/mol. The smallest absolute Gasteiger partial charge is 0.245 e. The third-order valence-electron chi connectivity index (χ3n) is 4.57. The number of piperidine rings is 2. The highest BCUT2D eigenvalue weighted by molar-refractivity contribution is 5.88. The molecule has 2 N–H and O–H groups in total. The van der Waals surface area contributed by atoms with Gasteiger partial charge in [0.1, 0.15) is 6.04 Å². The number of nitrogens with two attached hydrogens (primary N) is 1. The molecular formula is C16H29N3O2. The van der Waals surface area contributed by atoms with E-state index in [2.05, 4.69) is 13.8 Å². The summed E-state index contributed by atoms with van der Waals surface area (Å²) in [4.78, 5) is 28.8. The fraction of sp³-hybridized carbons (Fsp3) is 0.875. The summed E-state index contributed by atoms with van der Waals surface area (Å²) in [6.45, 7) is 6.42. The van der Waals surface area contributed by atoms with Crippen molar-refractivity contribution in [2.75, 3.05) is 19.6 Å². The molecule has 2 amide bonds. The van der Waals surface area contributed by atoms with Gasteiger partial charge in [0, 0.05) is 32.1 Å². The van der Waals surface area contributed by atoms with Crippen LogP contribution in [0.25, 0.3) is 0 Å². The van der Waals surface area contributed by atoms with Crippen LogP contribution < -0.4 is 5.73 Å². The Labute approximate surface area is 127 Å². The van der Waals surface area contributed by atoms with E-state index < -0.39 is 0 Å². The minimum absolute atomic E-state index is 0.130. The maximum atomic E-state index is 12.9. The van der Waals surface area contributed by atoms with Gasteiger partial charge in [-0.05, 0) is 38.0 Å². The minimum atomic E-state index is -0.271. The van der Waals surface area contributed by atoms with Crippen LogP contribution in [0.3, 0.4) is 0 Å². The SMILES string of the molecule is CC(C)CC(C(=O)N1CCC(N)CC1)N1CCCCC1=O. The predicted molar refractivity (Wildman–Crippen MR) is 82.6 cm³/mol. The van der Waals surface area contributed by atoms with E-state index in [0.29, 0.717) is 12.3 Å². The van der Waals surface area contributed by atoms with Gasteiger partial charge in [0.25, 0.3) is 0 Å². The number of likely N-dealkylation sites (tertiary alicyclic amines) is 2. The zero-order valence-corrected chi connectivity index (χ0v) is 13.4. The van der Waals surface area contributed by atoms with Gasteiger partial charge < -0.3 is 15.5 Å².